The molecule has 0 aliphatic carbocycles. The molecule has 1 aliphatic rings. The van der Waals surface area contributed by atoms with E-state index in [0.29, 0.717) is 0 Å². The number of ether oxygens (including phenoxy) is 1. The highest BCUT2D eigenvalue weighted by molar-refractivity contribution is 5.93. The van der Waals surface area contributed by atoms with Crippen molar-refractivity contribution in [2.75, 3.05) is 5.32 Å². The van der Waals surface area contributed by atoms with Crippen molar-refractivity contribution in [3.63, 3.8) is 0 Å². The first-order chi connectivity index (χ1) is 12.7. The number of aliphatic hydroxyl groups is 2. The van der Waals surface area contributed by atoms with Crippen LogP contribution in [-0.4, -0.2) is 49.8 Å². The molecule has 28 heavy (non-hydrogen) atoms. The van der Waals surface area contributed by atoms with E-state index in [1.165, 1.54) is 12.3 Å². The van der Waals surface area contributed by atoms with Crippen LogP contribution in [0.25, 0.3) is 0 Å². The summed E-state index contributed by atoms with van der Waals surface area (Å²) in [7, 11) is 0. The molecule has 1 amide bonds. The van der Waals surface area contributed by atoms with Crippen LogP contribution in [0.15, 0.2) is 17.1 Å². The molecule has 156 valence electrons. The summed E-state index contributed by atoms with van der Waals surface area (Å²) < 4.78 is 6.77. The number of hydrogen-bond donors (Lipinski definition) is 3. The average molecular weight is 395 g/mol. The van der Waals surface area contributed by atoms with E-state index in [-0.39, 0.29) is 18.1 Å². The second-order valence-electron chi connectivity index (χ2n) is 9.12. The molecular weight excluding hydrogens is 366 g/mol. The molecule has 1 unspecified atom stereocenters. The van der Waals surface area contributed by atoms with Crippen LogP contribution in [-0.2, 0) is 14.3 Å². The zero-order valence-electron chi connectivity index (χ0n) is 17.1. The molecule has 0 spiro atoms. The molecule has 4 atom stereocenters. The second kappa shape index (κ2) is 7.73. The van der Waals surface area contributed by atoms with Crippen LogP contribution in [0.2, 0.25) is 0 Å². The second-order valence-corrected chi connectivity index (χ2v) is 9.12. The molecule has 1 saturated heterocycles. The standard InChI is InChI=1S/C19H29N3O6/c1-18(2,3)15(25)13(24)14-10(23)9-12(28-14)22-8-7-11(21-17(22)27)20-16(26)19(4,5)6/h7-8,10,12-14,23-24H,9H2,1-6H3,(H,20,21,26,27)/t10-,12+,13?,14-/m0/s1. The molecule has 1 fully saturated rings. The molecule has 1 aromatic heterocycles. The first kappa shape index (κ1) is 22.2. The third-order valence-corrected chi connectivity index (χ3v) is 4.52. The van der Waals surface area contributed by atoms with Crippen molar-refractivity contribution in [2.45, 2.75) is 72.5 Å². The number of carbonyl (C=O) groups is 2. The van der Waals surface area contributed by atoms with Crippen LogP contribution in [0.4, 0.5) is 5.82 Å². The lowest BCUT2D eigenvalue weighted by Crippen LogP contribution is -2.45. The van der Waals surface area contributed by atoms with Crippen molar-refractivity contribution in [1.82, 2.24) is 9.55 Å². The molecule has 0 aromatic carbocycles. The van der Waals surface area contributed by atoms with Crippen molar-refractivity contribution >= 4 is 17.5 Å². The van der Waals surface area contributed by atoms with Gasteiger partial charge in [-0.25, -0.2) is 4.79 Å². The highest BCUT2D eigenvalue weighted by atomic mass is 16.5. The molecule has 9 nitrogen and oxygen atoms in total. The van der Waals surface area contributed by atoms with Crippen LogP contribution < -0.4 is 11.0 Å². The monoisotopic (exact) mass is 395 g/mol. The van der Waals surface area contributed by atoms with Crippen molar-refractivity contribution in [3.8, 4) is 0 Å². The number of carbonyl (C=O) groups excluding carboxylic acids is 2. The summed E-state index contributed by atoms with van der Waals surface area (Å²) in [5.41, 5.74) is -2.12. The van der Waals surface area contributed by atoms with Gasteiger partial charge in [0, 0.05) is 23.4 Å². The van der Waals surface area contributed by atoms with E-state index in [9.17, 15) is 24.6 Å². The molecule has 3 N–H and O–H groups in total. The quantitative estimate of drug-likeness (QED) is 0.689. The largest absolute Gasteiger partial charge is 0.390 e. The molecule has 9 heteroatoms. The zero-order valence-corrected chi connectivity index (χ0v) is 17.1. The maximum atomic E-state index is 12.3. The highest BCUT2D eigenvalue weighted by Gasteiger charge is 2.44. The summed E-state index contributed by atoms with van der Waals surface area (Å²) in [5.74, 6) is -0.629. The summed E-state index contributed by atoms with van der Waals surface area (Å²) in [6.45, 7) is 10.2. The molecular formula is C19H29N3O6. The molecule has 2 rings (SSSR count). The van der Waals surface area contributed by atoms with E-state index in [1.54, 1.807) is 41.5 Å². The summed E-state index contributed by atoms with van der Waals surface area (Å²) in [4.78, 5) is 40.5. The Morgan fingerprint density at radius 3 is 2.36 bits per heavy atom. The molecule has 2 heterocycles. The molecule has 1 aliphatic heterocycles. The van der Waals surface area contributed by atoms with Crippen LogP contribution in [0.5, 0.6) is 0 Å². The van der Waals surface area contributed by atoms with E-state index in [0.717, 1.165) is 4.57 Å². The van der Waals surface area contributed by atoms with E-state index in [4.69, 9.17) is 4.74 Å². The smallest absolute Gasteiger partial charge is 0.351 e. The molecule has 1 aromatic rings. The Labute approximate surface area is 163 Å². The minimum atomic E-state index is -1.51. The predicted octanol–water partition coefficient (Wildman–Crippen LogP) is 0.852. The third-order valence-electron chi connectivity index (χ3n) is 4.52. The summed E-state index contributed by atoms with van der Waals surface area (Å²) in [6, 6.07) is 1.45. The Morgan fingerprint density at radius 1 is 1.25 bits per heavy atom. The van der Waals surface area contributed by atoms with E-state index >= 15 is 0 Å². The average Bonchev–Trinajstić information content (AvgIpc) is 2.93. The van der Waals surface area contributed by atoms with Crippen LogP contribution in [0, 0.1) is 10.8 Å². The molecule has 0 bridgehead atoms. The van der Waals surface area contributed by atoms with Gasteiger partial charge in [0.1, 0.15) is 24.3 Å². The fourth-order valence-electron chi connectivity index (χ4n) is 2.73. The number of Topliss-reactive ketones (excluding diaryl/α,β-unsaturated/α-hetero) is 1. The summed E-state index contributed by atoms with van der Waals surface area (Å²) in [6.07, 6.45) is -3.22. The lowest BCUT2D eigenvalue weighted by Gasteiger charge is -2.26. The Morgan fingerprint density at radius 2 is 1.86 bits per heavy atom. The maximum Gasteiger partial charge on any atom is 0.351 e. The Hall–Kier alpha value is -2.10. The van der Waals surface area contributed by atoms with E-state index in [2.05, 4.69) is 10.3 Å². The minimum Gasteiger partial charge on any atom is -0.390 e. The Bertz CT molecular complexity index is 805. The van der Waals surface area contributed by atoms with Crippen molar-refractivity contribution in [1.29, 1.82) is 0 Å². The zero-order chi connectivity index (χ0) is 21.4. The van der Waals surface area contributed by atoms with Gasteiger partial charge in [-0.3, -0.25) is 14.2 Å². The van der Waals surface area contributed by atoms with Crippen LogP contribution >= 0.6 is 0 Å². The number of nitrogens with one attached hydrogen (secondary N) is 1. The van der Waals surface area contributed by atoms with Gasteiger partial charge < -0.3 is 20.3 Å². The number of aliphatic hydroxyl groups excluding tert-OH is 2. The SMILES string of the molecule is CC(C)(C)C(=O)Nc1ccn([C@H]2C[C@H](O)[C@@H](C(O)C(=O)C(C)(C)C)O2)c(=O)n1. The lowest BCUT2D eigenvalue weighted by molar-refractivity contribution is -0.148. The van der Waals surface area contributed by atoms with Crippen molar-refractivity contribution in [2.24, 2.45) is 10.8 Å². The van der Waals surface area contributed by atoms with Crippen LogP contribution in [0.3, 0.4) is 0 Å². The van der Waals surface area contributed by atoms with Gasteiger partial charge >= 0.3 is 5.69 Å². The lowest BCUT2D eigenvalue weighted by atomic mass is 9.85. The maximum absolute atomic E-state index is 12.3. The summed E-state index contributed by atoms with van der Waals surface area (Å²) >= 11 is 0. The van der Waals surface area contributed by atoms with Gasteiger partial charge in [0.15, 0.2) is 5.78 Å². The number of amides is 1. The Kier molecular flexibility index (Phi) is 6.13. The van der Waals surface area contributed by atoms with Gasteiger partial charge in [0.2, 0.25) is 5.91 Å². The van der Waals surface area contributed by atoms with Gasteiger partial charge in [-0.05, 0) is 6.07 Å². The topological polar surface area (TPSA) is 131 Å². The number of nitrogens with zero attached hydrogens (tertiary/aromatic N) is 2. The van der Waals surface area contributed by atoms with Crippen molar-refractivity contribution in [3.05, 3.63) is 22.7 Å². The van der Waals surface area contributed by atoms with Gasteiger partial charge in [0.25, 0.3) is 0 Å². The van der Waals surface area contributed by atoms with Gasteiger partial charge in [-0.1, -0.05) is 41.5 Å². The predicted molar refractivity (Wildman–Crippen MR) is 102 cm³/mol. The van der Waals surface area contributed by atoms with E-state index in [1.807, 2.05) is 0 Å². The van der Waals surface area contributed by atoms with Crippen LogP contribution in [0.1, 0.15) is 54.2 Å². The van der Waals surface area contributed by atoms with E-state index < -0.39 is 46.8 Å². The fourth-order valence-corrected chi connectivity index (χ4v) is 2.73. The number of ketones is 1. The van der Waals surface area contributed by atoms with Crippen molar-refractivity contribution < 1.29 is 24.5 Å². The Balaban J connectivity index is 2.16. The normalized spacial score (nSPS) is 24.1. The first-order valence-electron chi connectivity index (χ1n) is 9.18. The van der Waals surface area contributed by atoms with Gasteiger partial charge in [-0.15, -0.1) is 0 Å². The molecule has 0 radical (unpaired) electrons. The first-order valence-corrected chi connectivity index (χ1v) is 9.18. The van der Waals surface area contributed by atoms with Gasteiger partial charge in [0.05, 0.1) is 6.10 Å². The summed E-state index contributed by atoms with van der Waals surface area (Å²) in [5, 5.41) is 23.1. The highest BCUT2D eigenvalue weighted by Crippen LogP contribution is 2.32. The third kappa shape index (κ3) is 4.84. The minimum absolute atomic E-state index is 0.0223. The number of hydrogen-bond acceptors (Lipinski definition) is 7. The van der Waals surface area contributed by atoms with Gasteiger partial charge in [-0.2, -0.15) is 4.98 Å². The number of aromatic nitrogens is 2. The number of anilines is 1. The number of rotatable bonds is 4. The fraction of sp³-hybridized carbons (Fsp3) is 0.684. The molecule has 0 saturated carbocycles.